The van der Waals surface area contributed by atoms with Crippen LogP contribution in [0.4, 0.5) is 0 Å². The van der Waals surface area contributed by atoms with Crippen LogP contribution in [0.2, 0.25) is 10.1 Å². The Morgan fingerprint density at radius 1 is 0.939 bits per heavy atom. The summed E-state index contributed by atoms with van der Waals surface area (Å²) in [5, 5.41) is 2.46. The number of carbonyl (C=O) groups excluding carboxylic acids is 1. The SMILES string of the molecule is CC(C)(CCCCC1(c2ccc(Cl)c(C=O)c2)CC1)[Si](O)(c1ccccc1)c1ccccc1. The van der Waals surface area contributed by atoms with Crippen molar-refractivity contribution in [2.45, 2.75) is 62.8 Å². The Morgan fingerprint density at radius 3 is 2.03 bits per heavy atom. The molecule has 0 amide bonds. The molecule has 0 aromatic heterocycles. The van der Waals surface area contributed by atoms with E-state index in [1.807, 2.05) is 48.5 Å². The second-order valence-electron chi connectivity index (χ2n) is 10.2. The molecule has 33 heavy (non-hydrogen) atoms. The molecule has 4 heteroatoms. The molecule has 0 saturated heterocycles. The summed E-state index contributed by atoms with van der Waals surface area (Å²) in [5.41, 5.74) is 2.02. The van der Waals surface area contributed by atoms with Gasteiger partial charge in [0.25, 0.3) is 8.32 Å². The highest BCUT2D eigenvalue weighted by Crippen LogP contribution is 2.53. The van der Waals surface area contributed by atoms with E-state index in [2.05, 4.69) is 44.2 Å². The molecule has 0 spiro atoms. The van der Waals surface area contributed by atoms with E-state index in [1.165, 1.54) is 18.4 Å². The molecule has 2 nitrogen and oxygen atoms in total. The average Bonchev–Trinajstić information content (AvgIpc) is 3.63. The average molecular weight is 477 g/mol. The molecule has 0 atom stereocenters. The van der Waals surface area contributed by atoms with Crippen molar-refractivity contribution in [3.63, 3.8) is 0 Å². The van der Waals surface area contributed by atoms with Crippen LogP contribution < -0.4 is 10.4 Å². The van der Waals surface area contributed by atoms with E-state index in [4.69, 9.17) is 11.6 Å². The fourth-order valence-corrected chi connectivity index (χ4v) is 9.26. The number of unbranched alkanes of at least 4 members (excludes halogenated alkanes) is 1. The second kappa shape index (κ2) is 9.58. The predicted molar refractivity (Wildman–Crippen MR) is 140 cm³/mol. The fourth-order valence-electron chi connectivity index (χ4n) is 5.32. The van der Waals surface area contributed by atoms with Crippen LogP contribution in [0.3, 0.4) is 0 Å². The van der Waals surface area contributed by atoms with Gasteiger partial charge in [-0.05, 0) is 64.2 Å². The molecule has 1 aliphatic carbocycles. The Balaban J connectivity index is 1.47. The van der Waals surface area contributed by atoms with Crippen LogP contribution in [0.25, 0.3) is 0 Å². The molecular weight excluding hydrogens is 444 g/mol. The zero-order chi connectivity index (χ0) is 23.5. The van der Waals surface area contributed by atoms with Gasteiger partial charge in [0, 0.05) is 5.56 Å². The molecule has 3 aromatic rings. The smallest absolute Gasteiger partial charge is 0.258 e. The Labute approximate surface area is 203 Å². The van der Waals surface area contributed by atoms with Gasteiger partial charge in [0.1, 0.15) is 0 Å². The molecule has 1 N–H and O–H groups in total. The maximum Gasteiger partial charge on any atom is 0.258 e. The van der Waals surface area contributed by atoms with Crippen LogP contribution >= 0.6 is 11.6 Å². The first-order valence-corrected chi connectivity index (χ1v) is 14.2. The minimum absolute atomic E-state index is 0.194. The van der Waals surface area contributed by atoms with E-state index in [1.54, 1.807) is 0 Å². The topological polar surface area (TPSA) is 37.3 Å². The van der Waals surface area contributed by atoms with E-state index in [0.717, 1.165) is 42.3 Å². The lowest BCUT2D eigenvalue weighted by Crippen LogP contribution is -2.65. The van der Waals surface area contributed by atoms with Crippen LogP contribution in [0.1, 0.15) is 68.3 Å². The molecule has 3 aromatic carbocycles. The minimum atomic E-state index is -2.95. The Bertz CT molecular complexity index is 1050. The molecule has 0 radical (unpaired) electrons. The first-order valence-electron chi connectivity index (χ1n) is 11.9. The lowest BCUT2D eigenvalue weighted by atomic mass is 9.88. The summed E-state index contributed by atoms with van der Waals surface area (Å²) in [5.74, 6) is 0. The van der Waals surface area contributed by atoms with E-state index >= 15 is 0 Å². The van der Waals surface area contributed by atoms with Crippen LogP contribution in [0.5, 0.6) is 0 Å². The Hall–Kier alpha value is -2.20. The summed E-state index contributed by atoms with van der Waals surface area (Å²) in [4.78, 5) is 23.6. The third-order valence-electron chi connectivity index (χ3n) is 7.66. The van der Waals surface area contributed by atoms with Crippen molar-refractivity contribution in [1.82, 2.24) is 0 Å². The van der Waals surface area contributed by atoms with Crippen LogP contribution in [-0.2, 0) is 5.41 Å². The lowest BCUT2D eigenvalue weighted by Gasteiger charge is -2.41. The number of halogens is 1. The predicted octanol–water partition coefficient (Wildman–Crippen LogP) is 6.28. The standard InChI is InChI=1S/C29H33ClO2Si/c1-28(2,33(32,25-11-5-3-6-12-25)26-13-7-4-8-14-26)17-9-10-18-29(19-20-29)24-15-16-27(30)23(21-24)22-31/h3-8,11-16,21-22,32H,9-10,17-20H2,1-2H3. The van der Waals surface area contributed by atoms with Gasteiger partial charge in [-0.25, -0.2) is 0 Å². The van der Waals surface area contributed by atoms with E-state index in [0.29, 0.717) is 10.6 Å². The maximum atomic E-state index is 12.3. The number of aldehydes is 1. The van der Waals surface area contributed by atoms with Gasteiger partial charge in [-0.1, -0.05) is 105 Å². The van der Waals surface area contributed by atoms with Crippen molar-refractivity contribution < 1.29 is 9.59 Å². The largest absolute Gasteiger partial charge is 0.424 e. The monoisotopic (exact) mass is 476 g/mol. The lowest BCUT2D eigenvalue weighted by molar-refractivity contribution is 0.112. The molecule has 172 valence electrons. The molecule has 1 fully saturated rings. The van der Waals surface area contributed by atoms with Crippen LogP contribution in [-0.4, -0.2) is 19.4 Å². The van der Waals surface area contributed by atoms with E-state index in [-0.39, 0.29) is 10.5 Å². The van der Waals surface area contributed by atoms with Gasteiger partial charge in [0.15, 0.2) is 6.29 Å². The molecule has 0 bridgehead atoms. The quantitative estimate of drug-likeness (QED) is 0.212. The zero-order valence-electron chi connectivity index (χ0n) is 19.6. The highest BCUT2D eigenvalue weighted by atomic mass is 35.5. The summed E-state index contributed by atoms with van der Waals surface area (Å²) >= 11 is 6.14. The highest BCUT2D eigenvalue weighted by Gasteiger charge is 2.49. The Kier molecular flexibility index (Phi) is 6.95. The van der Waals surface area contributed by atoms with Crippen molar-refractivity contribution in [2.24, 2.45) is 0 Å². The number of hydrogen-bond donors (Lipinski definition) is 1. The van der Waals surface area contributed by atoms with Gasteiger partial charge in [0.2, 0.25) is 0 Å². The summed E-state index contributed by atoms with van der Waals surface area (Å²) in [6.07, 6.45) is 7.44. The van der Waals surface area contributed by atoms with Gasteiger partial charge in [-0.3, -0.25) is 4.79 Å². The number of hydrogen-bond acceptors (Lipinski definition) is 2. The molecule has 1 aliphatic rings. The second-order valence-corrected chi connectivity index (χ2v) is 14.5. The minimum Gasteiger partial charge on any atom is -0.424 e. The highest BCUT2D eigenvalue weighted by molar-refractivity contribution is 6.98. The zero-order valence-corrected chi connectivity index (χ0v) is 21.3. The van der Waals surface area contributed by atoms with Crippen molar-refractivity contribution >= 4 is 36.6 Å². The number of rotatable bonds is 10. The van der Waals surface area contributed by atoms with Gasteiger partial charge >= 0.3 is 0 Å². The van der Waals surface area contributed by atoms with Crippen LogP contribution in [0.15, 0.2) is 78.9 Å². The fraction of sp³-hybridized carbons (Fsp3) is 0.345. The summed E-state index contributed by atoms with van der Waals surface area (Å²) in [7, 11) is -2.95. The third kappa shape index (κ3) is 4.73. The molecule has 0 unspecified atom stereocenters. The van der Waals surface area contributed by atoms with Crippen molar-refractivity contribution in [3.8, 4) is 0 Å². The first kappa shape index (κ1) is 23.9. The van der Waals surface area contributed by atoms with Gasteiger partial charge in [0.05, 0.1) is 5.02 Å². The number of carbonyl (C=O) groups is 1. The molecule has 0 heterocycles. The van der Waals surface area contributed by atoms with Crippen molar-refractivity contribution in [2.75, 3.05) is 0 Å². The molecule has 1 saturated carbocycles. The summed E-state index contributed by atoms with van der Waals surface area (Å²) in [6, 6.07) is 26.4. The van der Waals surface area contributed by atoms with E-state index in [9.17, 15) is 9.59 Å². The molecule has 0 aliphatic heterocycles. The molecule has 4 rings (SSSR count). The number of benzene rings is 3. The normalized spacial score (nSPS) is 15.3. The Morgan fingerprint density at radius 2 is 1.52 bits per heavy atom. The summed E-state index contributed by atoms with van der Waals surface area (Å²) < 4.78 is 0. The van der Waals surface area contributed by atoms with Gasteiger partial charge < -0.3 is 4.80 Å². The third-order valence-corrected chi connectivity index (χ3v) is 12.5. The van der Waals surface area contributed by atoms with Crippen molar-refractivity contribution in [3.05, 3.63) is 95.0 Å². The van der Waals surface area contributed by atoms with Gasteiger partial charge in [-0.15, -0.1) is 0 Å². The van der Waals surface area contributed by atoms with E-state index < -0.39 is 8.32 Å². The van der Waals surface area contributed by atoms with Gasteiger partial charge in [-0.2, -0.15) is 0 Å². The van der Waals surface area contributed by atoms with Crippen LogP contribution in [0, 0.1) is 0 Å². The maximum absolute atomic E-state index is 12.3. The van der Waals surface area contributed by atoms with Crippen molar-refractivity contribution in [1.29, 1.82) is 0 Å². The first-order chi connectivity index (χ1) is 15.8. The summed E-state index contributed by atoms with van der Waals surface area (Å²) in [6.45, 7) is 4.48. The molecular formula is C29H33ClO2Si.